The monoisotopic (exact) mass is 334 g/mol. The zero-order valence-corrected chi connectivity index (χ0v) is 14.0. The van der Waals surface area contributed by atoms with Gasteiger partial charge in [0, 0.05) is 6.92 Å². The number of hydrogen-bond donors (Lipinski definition) is 0. The van der Waals surface area contributed by atoms with E-state index in [0.717, 1.165) is 51.4 Å². The predicted molar refractivity (Wildman–Crippen MR) is 83.1 cm³/mol. The molecule has 0 N–H and O–H groups in total. The smallest absolute Gasteiger partial charge is 0.309 e. The van der Waals surface area contributed by atoms with Gasteiger partial charge in [-0.05, 0) is 37.5 Å². The first-order valence-corrected chi connectivity index (χ1v) is 9.08. The molecular formula is C18H29F3O2. The summed E-state index contributed by atoms with van der Waals surface area (Å²) in [6.07, 6.45) is 8.40. The first kappa shape index (κ1) is 18.6. The fourth-order valence-electron chi connectivity index (χ4n) is 4.15. The lowest BCUT2D eigenvalue weighted by Crippen LogP contribution is -2.38. The van der Waals surface area contributed by atoms with E-state index < -0.39 is 24.7 Å². The van der Waals surface area contributed by atoms with Gasteiger partial charge in [-0.25, -0.2) is 13.2 Å². The van der Waals surface area contributed by atoms with E-state index >= 15 is 0 Å². The average molecular weight is 334 g/mol. The van der Waals surface area contributed by atoms with Crippen molar-refractivity contribution in [2.24, 2.45) is 17.8 Å². The fourth-order valence-corrected chi connectivity index (χ4v) is 4.15. The molecule has 0 bridgehead atoms. The second kappa shape index (κ2) is 8.39. The van der Waals surface area contributed by atoms with Crippen LogP contribution in [0.5, 0.6) is 0 Å². The fraction of sp³-hybridized carbons (Fsp3) is 0.944. The van der Waals surface area contributed by atoms with Crippen molar-refractivity contribution in [3.8, 4) is 0 Å². The van der Waals surface area contributed by atoms with Gasteiger partial charge in [0.1, 0.15) is 6.61 Å². The zero-order valence-electron chi connectivity index (χ0n) is 14.0. The molecule has 0 aliphatic heterocycles. The molecule has 0 aromatic carbocycles. The molecule has 0 aromatic rings. The Balaban J connectivity index is 1.98. The van der Waals surface area contributed by atoms with Gasteiger partial charge in [-0.15, -0.1) is 0 Å². The van der Waals surface area contributed by atoms with Crippen molar-refractivity contribution in [2.75, 3.05) is 6.61 Å². The molecule has 23 heavy (non-hydrogen) atoms. The minimum absolute atomic E-state index is 0.228. The first-order chi connectivity index (χ1) is 10.9. The Bertz CT molecular complexity index is 351. The Morgan fingerprint density at radius 1 is 1.00 bits per heavy atom. The molecule has 0 heterocycles. The van der Waals surface area contributed by atoms with E-state index in [1.807, 2.05) is 0 Å². The molecule has 5 heteroatoms. The van der Waals surface area contributed by atoms with E-state index in [-0.39, 0.29) is 17.8 Å². The predicted octanol–water partition coefficient (Wildman–Crippen LogP) is 5.30. The van der Waals surface area contributed by atoms with E-state index in [2.05, 4.69) is 0 Å². The molecule has 2 nitrogen and oxygen atoms in total. The maximum atomic E-state index is 13.4. The third kappa shape index (κ3) is 5.39. The number of ether oxygens (including phenoxy) is 1. The molecule has 0 amide bonds. The van der Waals surface area contributed by atoms with Gasteiger partial charge in [-0.3, -0.25) is 4.79 Å². The van der Waals surface area contributed by atoms with Crippen LogP contribution in [0, 0.1) is 17.8 Å². The normalized spacial score (nSPS) is 23.0. The Morgan fingerprint density at radius 3 is 1.83 bits per heavy atom. The average Bonchev–Trinajstić information content (AvgIpc) is 2.54. The number of alkyl halides is 3. The number of carbonyl (C=O) groups is 1. The highest BCUT2D eigenvalue weighted by atomic mass is 19.3. The van der Waals surface area contributed by atoms with Crippen LogP contribution in [0.15, 0.2) is 0 Å². The van der Waals surface area contributed by atoms with E-state index in [9.17, 15) is 18.0 Å². The lowest BCUT2D eigenvalue weighted by atomic mass is 9.69. The molecule has 2 aliphatic carbocycles. The quantitative estimate of drug-likeness (QED) is 0.616. The lowest BCUT2D eigenvalue weighted by molar-refractivity contribution is -0.161. The van der Waals surface area contributed by atoms with Crippen LogP contribution in [-0.2, 0) is 9.53 Å². The van der Waals surface area contributed by atoms with E-state index in [1.165, 1.54) is 12.8 Å². The van der Waals surface area contributed by atoms with Gasteiger partial charge in [0.25, 0.3) is 5.92 Å². The highest BCUT2D eigenvalue weighted by molar-refractivity contribution is 5.73. The van der Waals surface area contributed by atoms with Crippen molar-refractivity contribution < 1.29 is 22.7 Å². The van der Waals surface area contributed by atoms with Gasteiger partial charge < -0.3 is 4.74 Å². The molecular weight excluding hydrogens is 305 g/mol. The zero-order chi connectivity index (χ0) is 16.9. The molecule has 0 spiro atoms. The molecule has 2 aliphatic rings. The van der Waals surface area contributed by atoms with Crippen LogP contribution < -0.4 is 0 Å². The lowest BCUT2D eigenvalue weighted by Gasteiger charge is -2.36. The summed E-state index contributed by atoms with van der Waals surface area (Å²) in [6.45, 7) is -0.316. The first-order valence-electron chi connectivity index (χ1n) is 9.08. The highest BCUT2D eigenvalue weighted by Gasteiger charge is 2.40. The van der Waals surface area contributed by atoms with Crippen molar-refractivity contribution in [1.29, 1.82) is 0 Å². The summed E-state index contributed by atoms with van der Waals surface area (Å²) in [5, 5.41) is 0. The van der Waals surface area contributed by atoms with Crippen molar-refractivity contribution in [3.63, 3.8) is 0 Å². The van der Waals surface area contributed by atoms with Crippen molar-refractivity contribution in [1.82, 2.24) is 0 Å². The molecule has 1 unspecified atom stereocenters. The topological polar surface area (TPSA) is 26.3 Å². The number of halogens is 3. The molecule has 0 radical (unpaired) electrons. The summed E-state index contributed by atoms with van der Waals surface area (Å²) in [7, 11) is 0. The van der Waals surface area contributed by atoms with Gasteiger partial charge in [-0.2, -0.15) is 0 Å². The number of rotatable bonds is 6. The van der Waals surface area contributed by atoms with Crippen LogP contribution in [0.4, 0.5) is 13.2 Å². The third-order valence-electron chi connectivity index (χ3n) is 5.51. The number of carbonyl (C=O) groups excluding carboxylic acids is 1. The van der Waals surface area contributed by atoms with Crippen LogP contribution in [0.25, 0.3) is 0 Å². The van der Waals surface area contributed by atoms with Crippen LogP contribution in [-0.4, -0.2) is 24.7 Å². The summed E-state index contributed by atoms with van der Waals surface area (Å²) < 4.78 is 44.2. The Labute approximate surface area is 137 Å². The number of hydrogen-bond acceptors (Lipinski definition) is 2. The van der Waals surface area contributed by atoms with Gasteiger partial charge in [0.15, 0.2) is 6.17 Å². The maximum absolute atomic E-state index is 13.4. The Kier molecular flexibility index (Phi) is 6.78. The van der Waals surface area contributed by atoms with Crippen molar-refractivity contribution in [2.45, 2.75) is 83.2 Å². The van der Waals surface area contributed by atoms with Gasteiger partial charge in [0.05, 0.1) is 5.92 Å². The summed E-state index contributed by atoms with van der Waals surface area (Å²) in [4.78, 5) is 12.5. The summed E-state index contributed by atoms with van der Waals surface area (Å²) in [5.74, 6) is -3.59. The van der Waals surface area contributed by atoms with Crippen LogP contribution in [0.2, 0.25) is 0 Å². The molecule has 0 saturated heterocycles. The molecule has 1 atom stereocenters. The summed E-state index contributed by atoms with van der Waals surface area (Å²) in [5.41, 5.74) is 0. The van der Waals surface area contributed by atoms with E-state index in [4.69, 9.17) is 4.74 Å². The van der Waals surface area contributed by atoms with Crippen molar-refractivity contribution in [3.05, 3.63) is 0 Å². The highest BCUT2D eigenvalue weighted by Crippen LogP contribution is 2.40. The number of esters is 1. The van der Waals surface area contributed by atoms with Crippen LogP contribution >= 0.6 is 0 Å². The van der Waals surface area contributed by atoms with Crippen LogP contribution in [0.3, 0.4) is 0 Å². The van der Waals surface area contributed by atoms with E-state index in [0.29, 0.717) is 6.92 Å². The minimum Gasteiger partial charge on any atom is -0.462 e. The second-order valence-electron chi connectivity index (χ2n) is 7.38. The summed E-state index contributed by atoms with van der Waals surface area (Å²) in [6, 6.07) is 0. The third-order valence-corrected chi connectivity index (χ3v) is 5.51. The Hall–Kier alpha value is -0.740. The SMILES string of the molecule is CC(F)(F)C(F)COC(=O)C(C1CCCCC1)C1CCCCC1. The van der Waals surface area contributed by atoms with Gasteiger partial charge in [0.2, 0.25) is 0 Å². The standard InChI is InChI=1S/C18H29F3O2/c1-18(20,21)15(19)12-23-17(22)16(13-8-4-2-5-9-13)14-10-6-3-7-11-14/h13-16H,2-12H2,1H3. The largest absolute Gasteiger partial charge is 0.462 e. The van der Waals surface area contributed by atoms with Crippen molar-refractivity contribution >= 4 is 5.97 Å². The molecule has 2 rings (SSSR count). The summed E-state index contributed by atoms with van der Waals surface area (Å²) >= 11 is 0. The minimum atomic E-state index is -3.47. The molecule has 134 valence electrons. The van der Waals surface area contributed by atoms with Gasteiger partial charge in [-0.1, -0.05) is 38.5 Å². The Morgan fingerprint density at radius 2 is 1.43 bits per heavy atom. The van der Waals surface area contributed by atoms with E-state index in [1.54, 1.807) is 0 Å². The molecule has 2 fully saturated rings. The molecule has 2 saturated carbocycles. The second-order valence-corrected chi connectivity index (χ2v) is 7.38. The van der Waals surface area contributed by atoms with Gasteiger partial charge >= 0.3 is 5.97 Å². The van der Waals surface area contributed by atoms with Crippen LogP contribution in [0.1, 0.15) is 71.1 Å². The molecule has 0 aromatic heterocycles. The maximum Gasteiger partial charge on any atom is 0.309 e.